The first kappa shape index (κ1) is 7.61. The number of aromatic nitrogens is 1. The molecular weight excluding hydrogens is 194 g/mol. The van der Waals surface area contributed by atoms with Crippen LogP contribution >= 0.6 is 0 Å². The van der Waals surface area contributed by atoms with E-state index in [1.165, 1.54) is 0 Å². The number of benzene rings is 1. The number of hydrogen-bond donors (Lipinski definition) is 0. The van der Waals surface area contributed by atoms with E-state index in [2.05, 4.69) is 0 Å². The summed E-state index contributed by atoms with van der Waals surface area (Å²) in [4.78, 5) is 0. The van der Waals surface area contributed by atoms with Crippen LogP contribution in [-0.4, -0.2) is 0 Å². The Bertz CT molecular complexity index is 663. The van der Waals surface area contributed by atoms with Gasteiger partial charge in [-0.1, -0.05) is 18.2 Å². The Hall–Kier alpha value is -1.63. The van der Waals surface area contributed by atoms with E-state index in [-0.39, 0.29) is 0 Å². The van der Waals surface area contributed by atoms with Crippen molar-refractivity contribution in [1.82, 2.24) is 0 Å². The Morgan fingerprint density at radius 2 is 1.88 bits per heavy atom. The van der Waals surface area contributed by atoms with Crippen LogP contribution in [0.3, 0.4) is 0 Å². The van der Waals surface area contributed by atoms with Crippen LogP contribution in [-0.2, 0) is 7.05 Å². The standard InChI is InChI=1S/C15H18N/c1-11-7-5-6-8-14(11)15-9-12(2)13(3)10-16(15)4/h5-10H,1-4H3/q+1/i6D,7D,10D. The number of pyridine rings is 1. The fourth-order valence-electron chi connectivity index (χ4n) is 1.80. The second-order valence-corrected chi connectivity index (χ2v) is 4.15. The van der Waals surface area contributed by atoms with Gasteiger partial charge in [-0.2, -0.15) is 0 Å². The molecule has 2 rings (SSSR count). The van der Waals surface area contributed by atoms with E-state index in [1.54, 1.807) is 12.1 Å². The quantitative estimate of drug-likeness (QED) is 0.644. The Kier molecular flexibility index (Phi) is 1.95. The fraction of sp³-hybridized carbons (Fsp3) is 0.267. The van der Waals surface area contributed by atoms with Crippen LogP contribution in [0.1, 0.15) is 20.8 Å². The molecule has 0 atom stereocenters. The Morgan fingerprint density at radius 3 is 2.62 bits per heavy atom. The van der Waals surface area contributed by atoms with Gasteiger partial charge in [0.15, 0.2) is 6.17 Å². The third-order valence-corrected chi connectivity index (χ3v) is 2.92. The maximum Gasteiger partial charge on any atom is 0.212 e. The highest BCUT2D eigenvalue weighted by Gasteiger charge is 2.13. The van der Waals surface area contributed by atoms with Crippen molar-refractivity contribution in [2.24, 2.45) is 7.05 Å². The SMILES string of the molecule is [2H]c1cc([2H])c(C)c(-c2cc(C)c(C)c([2H])[n+]2C)c1. The minimum Gasteiger partial charge on any atom is -0.201 e. The first-order valence-electron chi connectivity index (χ1n) is 6.88. The number of nitrogens with zero attached hydrogens (tertiary/aromatic N) is 1. The maximum atomic E-state index is 8.12. The first-order valence-corrected chi connectivity index (χ1v) is 5.38. The topological polar surface area (TPSA) is 3.88 Å². The summed E-state index contributed by atoms with van der Waals surface area (Å²) in [6, 6.07) is 6.02. The van der Waals surface area contributed by atoms with Gasteiger partial charge < -0.3 is 0 Å². The summed E-state index contributed by atoms with van der Waals surface area (Å²) in [5.41, 5.74) is 4.59. The summed E-state index contributed by atoms with van der Waals surface area (Å²) < 4.78 is 25.6. The molecule has 0 bridgehead atoms. The highest BCUT2D eigenvalue weighted by atomic mass is 14.9. The monoisotopic (exact) mass is 215 g/mol. The molecule has 0 fully saturated rings. The van der Waals surface area contributed by atoms with Crippen LogP contribution in [0.5, 0.6) is 0 Å². The molecule has 82 valence electrons. The Morgan fingerprint density at radius 1 is 1.12 bits per heavy atom. The second kappa shape index (κ2) is 4.09. The molecule has 16 heavy (non-hydrogen) atoms. The highest BCUT2D eigenvalue weighted by Crippen LogP contribution is 2.21. The molecule has 0 aliphatic carbocycles. The molecule has 2 aromatic rings. The Balaban J connectivity index is 2.80. The minimum atomic E-state index is 0.329. The van der Waals surface area contributed by atoms with E-state index < -0.39 is 0 Å². The highest BCUT2D eigenvalue weighted by molar-refractivity contribution is 5.61. The molecule has 0 spiro atoms. The van der Waals surface area contributed by atoms with E-state index in [0.717, 1.165) is 27.9 Å². The van der Waals surface area contributed by atoms with Crippen molar-refractivity contribution in [3.8, 4) is 11.3 Å². The molecule has 0 aliphatic rings. The summed E-state index contributed by atoms with van der Waals surface area (Å²) in [5.74, 6) is 0. The van der Waals surface area contributed by atoms with E-state index in [1.807, 2.05) is 38.5 Å². The van der Waals surface area contributed by atoms with Gasteiger partial charge in [0.25, 0.3) is 0 Å². The summed E-state index contributed by atoms with van der Waals surface area (Å²) in [7, 11) is 1.85. The number of aryl methyl sites for hydroxylation is 1. The maximum absolute atomic E-state index is 8.12. The van der Waals surface area contributed by atoms with Gasteiger partial charge in [-0.3, -0.25) is 0 Å². The average Bonchev–Trinajstić information content (AvgIpc) is 2.36. The lowest BCUT2D eigenvalue weighted by atomic mass is 10.0. The zero-order valence-corrected chi connectivity index (χ0v) is 10.2. The molecule has 0 unspecified atom stereocenters. The van der Waals surface area contributed by atoms with E-state index in [4.69, 9.17) is 4.11 Å². The normalized spacial score (nSPS) is 13.1. The lowest BCUT2D eigenvalue weighted by Gasteiger charge is -2.06. The van der Waals surface area contributed by atoms with Crippen molar-refractivity contribution in [2.75, 3.05) is 0 Å². The van der Waals surface area contributed by atoms with Gasteiger partial charge >= 0.3 is 0 Å². The Labute approximate surface area is 102 Å². The van der Waals surface area contributed by atoms with Crippen LogP contribution in [0.25, 0.3) is 11.3 Å². The first-order chi connectivity index (χ1) is 8.82. The number of rotatable bonds is 1. The zero-order valence-electron chi connectivity index (χ0n) is 13.2. The molecule has 1 nitrogen and oxygen atoms in total. The van der Waals surface area contributed by atoms with Crippen molar-refractivity contribution in [1.29, 1.82) is 0 Å². The lowest BCUT2D eigenvalue weighted by Crippen LogP contribution is -2.31. The smallest absolute Gasteiger partial charge is 0.201 e. The van der Waals surface area contributed by atoms with Crippen LogP contribution < -0.4 is 4.57 Å². The molecule has 0 radical (unpaired) electrons. The predicted octanol–water partition coefficient (Wildman–Crippen LogP) is 3.10. The molecule has 1 aromatic heterocycles. The van der Waals surface area contributed by atoms with Gasteiger partial charge in [0.1, 0.15) is 8.42 Å². The van der Waals surface area contributed by atoms with Crippen molar-refractivity contribution in [2.45, 2.75) is 20.8 Å². The van der Waals surface area contributed by atoms with Crippen molar-refractivity contribution < 1.29 is 8.68 Å². The van der Waals surface area contributed by atoms with Gasteiger partial charge in [-0.05, 0) is 38.0 Å². The van der Waals surface area contributed by atoms with Gasteiger partial charge in [0, 0.05) is 17.2 Å². The molecular formula is C15H18N+. The number of hydrogen-bond acceptors (Lipinski definition) is 0. The molecule has 0 amide bonds. The van der Waals surface area contributed by atoms with Crippen LogP contribution in [0.4, 0.5) is 0 Å². The minimum absolute atomic E-state index is 0.329. The van der Waals surface area contributed by atoms with Crippen molar-refractivity contribution >= 4 is 0 Å². The predicted molar refractivity (Wildman–Crippen MR) is 67.3 cm³/mol. The molecule has 0 saturated heterocycles. The zero-order chi connectivity index (χ0) is 14.3. The van der Waals surface area contributed by atoms with Crippen molar-refractivity contribution in [3.05, 3.63) is 53.1 Å². The summed E-state index contributed by atoms with van der Waals surface area (Å²) in [6.45, 7) is 5.80. The summed E-state index contributed by atoms with van der Waals surface area (Å²) in [5, 5.41) is 0. The molecule has 0 N–H and O–H groups in total. The molecule has 1 aromatic carbocycles. The van der Waals surface area contributed by atoms with Crippen LogP contribution in [0.15, 0.2) is 36.5 Å². The van der Waals surface area contributed by atoms with E-state index in [0.29, 0.717) is 18.3 Å². The third kappa shape index (κ3) is 1.85. The second-order valence-electron chi connectivity index (χ2n) is 4.15. The average molecular weight is 215 g/mol. The van der Waals surface area contributed by atoms with Gasteiger partial charge in [0.2, 0.25) is 5.69 Å². The molecule has 1 heteroatoms. The molecule has 0 aliphatic heterocycles. The largest absolute Gasteiger partial charge is 0.212 e. The lowest BCUT2D eigenvalue weighted by molar-refractivity contribution is -0.660. The summed E-state index contributed by atoms with van der Waals surface area (Å²) in [6.07, 6.45) is 0.469. The molecule has 0 saturated carbocycles. The van der Waals surface area contributed by atoms with Gasteiger partial charge in [-0.25, -0.2) is 4.57 Å². The van der Waals surface area contributed by atoms with Crippen LogP contribution in [0, 0.1) is 20.8 Å². The third-order valence-electron chi connectivity index (χ3n) is 2.92. The van der Waals surface area contributed by atoms with Gasteiger partial charge in [-0.15, -0.1) is 0 Å². The van der Waals surface area contributed by atoms with Gasteiger partial charge in [0.05, 0.1) is 2.74 Å². The van der Waals surface area contributed by atoms with E-state index in [9.17, 15) is 0 Å². The fourth-order valence-corrected chi connectivity index (χ4v) is 1.80. The van der Waals surface area contributed by atoms with Crippen molar-refractivity contribution in [3.63, 3.8) is 0 Å². The van der Waals surface area contributed by atoms with Crippen LogP contribution in [0.2, 0.25) is 0 Å². The molecule has 1 heterocycles. The summed E-state index contributed by atoms with van der Waals surface area (Å²) >= 11 is 0. The van der Waals surface area contributed by atoms with E-state index >= 15 is 0 Å².